The van der Waals surface area contributed by atoms with Gasteiger partial charge >= 0.3 is 6.03 Å². The fraction of sp³-hybridized carbons (Fsp3) is 0.579. The number of urea groups is 1. The summed E-state index contributed by atoms with van der Waals surface area (Å²) in [5.74, 6) is 0.220. The number of primary amides is 1. The van der Waals surface area contributed by atoms with E-state index in [1.54, 1.807) is 4.90 Å². The Morgan fingerprint density at radius 3 is 2.43 bits per heavy atom. The molecule has 1 aromatic heterocycles. The lowest BCUT2D eigenvalue weighted by Gasteiger charge is -2.42. The second kappa shape index (κ2) is 8.14. The Kier molecular flexibility index (Phi) is 5.43. The summed E-state index contributed by atoms with van der Waals surface area (Å²) in [7, 11) is 0. The fourth-order valence-electron chi connectivity index (χ4n) is 4.24. The normalized spacial score (nSPS) is 19.3. The van der Waals surface area contributed by atoms with Gasteiger partial charge in [-0.05, 0) is 37.0 Å². The Hall–Kier alpha value is -2.68. The Morgan fingerprint density at radius 1 is 1.00 bits per heavy atom. The molecule has 0 unspecified atom stereocenters. The smallest absolute Gasteiger partial charge is 0.314 e. The SMILES string of the molecule is NC(=O)N1CCN(C2CCN(C(=O)CCc3ccc4n[nH]nc4c3)CC2)CC1. The minimum Gasteiger partial charge on any atom is -0.351 e. The Labute approximate surface area is 163 Å². The molecule has 2 saturated heterocycles. The number of nitrogens with one attached hydrogen (secondary N) is 1. The van der Waals surface area contributed by atoms with Crippen LogP contribution in [0, 0.1) is 0 Å². The topological polar surface area (TPSA) is 111 Å². The molecule has 0 saturated carbocycles. The maximum Gasteiger partial charge on any atom is 0.314 e. The number of aromatic amines is 1. The average molecular weight is 385 g/mol. The molecule has 3 N–H and O–H groups in total. The number of rotatable bonds is 4. The van der Waals surface area contributed by atoms with E-state index in [2.05, 4.69) is 20.3 Å². The maximum atomic E-state index is 12.6. The maximum absolute atomic E-state index is 12.6. The van der Waals surface area contributed by atoms with Crippen molar-refractivity contribution in [3.05, 3.63) is 23.8 Å². The molecule has 0 radical (unpaired) electrons. The van der Waals surface area contributed by atoms with E-state index < -0.39 is 0 Å². The summed E-state index contributed by atoms with van der Waals surface area (Å²) in [4.78, 5) is 30.0. The first-order valence-electron chi connectivity index (χ1n) is 9.96. The number of likely N-dealkylation sites (tertiary alicyclic amines) is 1. The van der Waals surface area contributed by atoms with Gasteiger partial charge in [-0.1, -0.05) is 6.07 Å². The van der Waals surface area contributed by atoms with Gasteiger partial charge < -0.3 is 15.5 Å². The summed E-state index contributed by atoms with van der Waals surface area (Å²) in [6.07, 6.45) is 3.22. The van der Waals surface area contributed by atoms with Crippen LogP contribution in [0.1, 0.15) is 24.8 Å². The molecule has 3 amide bonds. The lowest BCUT2D eigenvalue weighted by atomic mass is 10.0. The second-order valence-corrected chi connectivity index (χ2v) is 7.62. The lowest BCUT2D eigenvalue weighted by Crippen LogP contribution is -2.55. The van der Waals surface area contributed by atoms with Crippen LogP contribution >= 0.6 is 0 Å². The molecule has 0 bridgehead atoms. The first kappa shape index (κ1) is 18.7. The predicted molar refractivity (Wildman–Crippen MR) is 105 cm³/mol. The lowest BCUT2D eigenvalue weighted by molar-refractivity contribution is -0.132. The van der Waals surface area contributed by atoms with E-state index >= 15 is 0 Å². The van der Waals surface area contributed by atoms with E-state index in [9.17, 15) is 9.59 Å². The van der Waals surface area contributed by atoms with E-state index in [-0.39, 0.29) is 11.9 Å². The Balaban J connectivity index is 1.22. The molecular weight excluding hydrogens is 358 g/mol. The highest BCUT2D eigenvalue weighted by Gasteiger charge is 2.29. The fourth-order valence-corrected chi connectivity index (χ4v) is 4.24. The number of H-pyrrole nitrogens is 1. The van der Waals surface area contributed by atoms with Gasteiger partial charge in [0.2, 0.25) is 5.91 Å². The second-order valence-electron chi connectivity index (χ2n) is 7.62. The molecule has 4 rings (SSSR count). The number of aromatic nitrogens is 3. The third-order valence-corrected chi connectivity index (χ3v) is 5.97. The van der Waals surface area contributed by atoms with Crippen molar-refractivity contribution in [2.75, 3.05) is 39.3 Å². The van der Waals surface area contributed by atoms with Crippen LogP contribution in [0.25, 0.3) is 11.0 Å². The van der Waals surface area contributed by atoms with Crippen LogP contribution < -0.4 is 5.73 Å². The number of hydrogen-bond donors (Lipinski definition) is 2. The van der Waals surface area contributed by atoms with Crippen LogP contribution in [-0.4, -0.2) is 87.4 Å². The first-order chi connectivity index (χ1) is 13.6. The third kappa shape index (κ3) is 4.09. The summed E-state index contributed by atoms with van der Waals surface area (Å²) in [5.41, 5.74) is 8.14. The van der Waals surface area contributed by atoms with Crippen molar-refractivity contribution in [2.24, 2.45) is 5.73 Å². The van der Waals surface area contributed by atoms with Gasteiger partial charge in [-0.15, -0.1) is 0 Å². The van der Waals surface area contributed by atoms with Crippen molar-refractivity contribution < 1.29 is 9.59 Å². The summed E-state index contributed by atoms with van der Waals surface area (Å²) >= 11 is 0. The van der Waals surface area contributed by atoms with Gasteiger partial charge in [-0.3, -0.25) is 9.69 Å². The quantitative estimate of drug-likeness (QED) is 0.800. The molecule has 2 aliphatic rings. The molecular formula is C19H27N7O2. The van der Waals surface area contributed by atoms with E-state index in [1.165, 1.54) is 0 Å². The van der Waals surface area contributed by atoms with Crippen molar-refractivity contribution in [1.82, 2.24) is 30.1 Å². The van der Waals surface area contributed by atoms with Crippen molar-refractivity contribution >= 4 is 23.0 Å². The molecule has 0 aliphatic carbocycles. The zero-order chi connectivity index (χ0) is 19.5. The number of aryl methyl sites for hydroxylation is 1. The van der Waals surface area contributed by atoms with Crippen LogP contribution in [0.3, 0.4) is 0 Å². The van der Waals surface area contributed by atoms with Gasteiger partial charge in [0.05, 0.1) is 0 Å². The van der Waals surface area contributed by atoms with Crippen LogP contribution in [0.4, 0.5) is 4.79 Å². The molecule has 2 fully saturated rings. The Morgan fingerprint density at radius 2 is 1.71 bits per heavy atom. The minimum atomic E-state index is -0.331. The van der Waals surface area contributed by atoms with Crippen LogP contribution in [0.5, 0.6) is 0 Å². The van der Waals surface area contributed by atoms with Gasteiger partial charge in [0, 0.05) is 51.7 Å². The number of piperidine rings is 1. The molecule has 28 heavy (non-hydrogen) atoms. The number of carbonyl (C=O) groups excluding carboxylic acids is 2. The molecule has 150 valence electrons. The number of carbonyl (C=O) groups is 2. The van der Waals surface area contributed by atoms with E-state index in [1.807, 2.05) is 23.1 Å². The van der Waals surface area contributed by atoms with Crippen molar-refractivity contribution in [2.45, 2.75) is 31.7 Å². The van der Waals surface area contributed by atoms with Crippen LogP contribution in [-0.2, 0) is 11.2 Å². The monoisotopic (exact) mass is 385 g/mol. The first-order valence-corrected chi connectivity index (χ1v) is 9.96. The Bertz CT molecular complexity index is 836. The van der Waals surface area contributed by atoms with E-state index in [0.717, 1.165) is 62.0 Å². The zero-order valence-electron chi connectivity index (χ0n) is 16.0. The molecule has 0 spiro atoms. The number of benzene rings is 1. The molecule has 2 aromatic rings. The van der Waals surface area contributed by atoms with Crippen molar-refractivity contribution in [1.29, 1.82) is 0 Å². The van der Waals surface area contributed by atoms with E-state index in [0.29, 0.717) is 25.6 Å². The number of piperazine rings is 1. The van der Waals surface area contributed by atoms with Crippen LogP contribution in [0.15, 0.2) is 18.2 Å². The van der Waals surface area contributed by atoms with Gasteiger partial charge in [-0.25, -0.2) is 4.79 Å². The summed E-state index contributed by atoms with van der Waals surface area (Å²) in [6, 6.07) is 6.10. The third-order valence-electron chi connectivity index (χ3n) is 5.97. The summed E-state index contributed by atoms with van der Waals surface area (Å²) in [6.45, 7) is 4.75. The number of fused-ring (bicyclic) bond motifs is 1. The number of amides is 3. The van der Waals surface area contributed by atoms with Gasteiger partial charge in [0.25, 0.3) is 0 Å². The summed E-state index contributed by atoms with van der Waals surface area (Å²) < 4.78 is 0. The number of nitrogens with two attached hydrogens (primary N) is 1. The van der Waals surface area contributed by atoms with Gasteiger partial charge in [-0.2, -0.15) is 15.4 Å². The molecule has 1 aromatic carbocycles. The standard InChI is InChI=1S/C19H27N7O2/c20-19(28)26-11-9-24(10-12-26)15-5-7-25(8-6-15)18(27)4-2-14-1-3-16-17(13-14)22-23-21-16/h1,3,13,15H,2,4-12H2,(H2,20,28)(H,21,22,23). The zero-order valence-corrected chi connectivity index (χ0v) is 16.0. The molecule has 9 heteroatoms. The minimum absolute atomic E-state index is 0.220. The highest BCUT2D eigenvalue weighted by Crippen LogP contribution is 2.20. The van der Waals surface area contributed by atoms with Crippen molar-refractivity contribution in [3.63, 3.8) is 0 Å². The van der Waals surface area contributed by atoms with Crippen molar-refractivity contribution in [3.8, 4) is 0 Å². The molecule has 3 heterocycles. The largest absolute Gasteiger partial charge is 0.351 e. The number of nitrogens with zero attached hydrogens (tertiary/aromatic N) is 5. The highest BCUT2D eigenvalue weighted by molar-refractivity contribution is 5.77. The average Bonchev–Trinajstić information content (AvgIpc) is 3.20. The highest BCUT2D eigenvalue weighted by atomic mass is 16.2. The van der Waals surface area contributed by atoms with Crippen LogP contribution in [0.2, 0.25) is 0 Å². The van der Waals surface area contributed by atoms with Gasteiger partial charge in [0.1, 0.15) is 11.0 Å². The van der Waals surface area contributed by atoms with Gasteiger partial charge in [0.15, 0.2) is 0 Å². The van der Waals surface area contributed by atoms with E-state index in [4.69, 9.17) is 5.73 Å². The predicted octanol–water partition coefficient (Wildman–Crippen LogP) is 0.578. The molecule has 2 aliphatic heterocycles. The number of hydrogen-bond acceptors (Lipinski definition) is 5. The summed E-state index contributed by atoms with van der Waals surface area (Å²) in [5, 5.41) is 10.8. The molecule has 0 atom stereocenters. The molecule has 9 nitrogen and oxygen atoms in total.